The summed E-state index contributed by atoms with van der Waals surface area (Å²) in [4.78, 5) is 31.2. The van der Waals surface area contributed by atoms with Crippen LogP contribution in [0.5, 0.6) is 5.75 Å². The molecule has 0 bridgehead atoms. The first-order valence-corrected chi connectivity index (χ1v) is 14.3. The summed E-state index contributed by atoms with van der Waals surface area (Å²) in [5.74, 6) is 0.170. The zero-order chi connectivity index (χ0) is 30.9. The van der Waals surface area contributed by atoms with Gasteiger partial charge in [0.05, 0.1) is 35.0 Å². The number of hydrogen-bond acceptors (Lipinski definition) is 9. The smallest absolute Gasteiger partial charge is 0.248 e. The van der Waals surface area contributed by atoms with Crippen LogP contribution < -0.4 is 15.4 Å². The Hall–Kier alpha value is -4.71. The Bertz CT molecular complexity index is 1720. The van der Waals surface area contributed by atoms with Crippen molar-refractivity contribution in [1.29, 1.82) is 0 Å². The van der Waals surface area contributed by atoms with Crippen molar-refractivity contribution in [2.24, 2.45) is 0 Å². The maximum absolute atomic E-state index is 13.6. The summed E-state index contributed by atoms with van der Waals surface area (Å²) in [5, 5.41) is 7.76. The molecular formula is C32H31ClFN7O3. The van der Waals surface area contributed by atoms with Crippen molar-refractivity contribution >= 4 is 56.5 Å². The van der Waals surface area contributed by atoms with Gasteiger partial charge in [-0.25, -0.2) is 24.3 Å². The number of nitrogens with one attached hydrogen (secondary N) is 2. The number of nitrogens with zero attached hydrogens (tertiary/aromatic N) is 5. The normalized spacial score (nSPS) is 14.5. The van der Waals surface area contributed by atoms with Gasteiger partial charge in [0.15, 0.2) is 0 Å². The van der Waals surface area contributed by atoms with Gasteiger partial charge in [0.1, 0.15) is 36.1 Å². The molecule has 0 radical (unpaired) electrons. The van der Waals surface area contributed by atoms with Crippen molar-refractivity contribution in [3.05, 3.63) is 96.4 Å². The fourth-order valence-electron chi connectivity index (χ4n) is 4.34. The molecule has 1 aliphatic rings. The SMILES string of the molecule is CN(C)C/C=C/C(=O)Nc1cc2c(Nc3ccc(F)c(Cl)c3)ncnc2cc1O[C@H]1CCOC1.c1ccc2ncncc2c1. The van der Waals surface area contributed by atoms with Crippen LogP contribution in [0, 0.1) is 5.82 Å². The number of aromatic nitrogens is 4. The van der Waals surface area contributed by atoms with Gasteiger partial charge in [0, 0.05) is 47.8 Å². The second-order valence-electron chi connectivity index (χ2n) is 10.2. The van der Waals surface area contributed by atoms with Gasteiger partial charge in [-0.1, -0.05) is 35.9 Å². The van der Waals surface area contributed by atoms with E-state index >= 15 is 0 Å². The minimum atomic E-state index is -0.509. The van der Waals surface area contributed by atoms with Gasteiger partial charge in [-0.15, -0.1) is 0 Å². The van der Waals surface area contributed by atoms with Gasteiger partial charge in [0.25, 0.3) is 0 Å². The molecule has 0 aliphatic carbocycles. The van der Waals surface area contributed by atoms with Crippen LogP contribution in [0.1, 0.15) is 6.42 Å². The first-order chi connectivity index (χ1) is 21.4. The van der Waals surface area contributed by atoms with E-state index in [2.05, 4.69) is 30.6 Å². The van der Waals surface area contributed by atoms with Crippen molar-refractivity contribution in [2.75, 3.05) is 44.5 Å². The largest absolute Gasteiger partial charge is 0.486 e. The Labute approximate surface area is 258 Å². The lowest BCUT2D eigenvalue weighted by molar-refractivity contribution is -0.111. The maximum Gasteiger partial charge on any atom is 0.248 e. The number of para-hydroxylation sites is 1. The molecule has 1 atom stereocenters. The summed E-state index contributed by atoms with van der Waals surface area (Å²) in [6.45, 7) is 1.75. The fraction of sp³-hybridized carbons (Fsp3) is 0.219. The van der Waals surface area contributed by atoms with Crippen LogP contribution in [0.2, 0.25) is 5.02 Å². The highest BCUT2D eigenvalue weighted by Gasteiger charge is 2.21. The van der Waals surface area contributed by atoms with E-state index in [0.29, 0.717) is 53.6 Å². The Morgan fingerprint density at radius 2 is 1.95 bits per heavy atom. The molecule has 1 aliphatic heterocycles. The lowest BCUT2D eigenvalue weighted by Crippen LogP contribution is -2.18. The molecule has 0 spiro atoms. The Kier molecular flexibility index (Phi) is 10.2. The number of fused-ring (bicyclic) bond motifs is 2. The van der Waals surface area contributed by atoms with Crippen molar-refractivity contribution < 1.29 is 18.7 Å². The van der Waals surface area contributed by atoms with Crippen LogP contribution in [-0.2, 0) is 9.53 Å². The van der Waals surface area contributed by atoms with Crippen LogP contribution >= 0.6 is 11.6 Å². The van der Waals surface area contributed by atoms with E-state index in [-0.39, 0.29) is 17.0 Å². The number of hydrogen-bond donors (Lipinski definition) is 2. The van der Waals surface area contributed by atoms with E-state index in [1.807, 2.05) is 49.5 Å². The Morgan fingerprint density at radius 1 is 1.11 bits per heavy atom. The van der Waals surface area contributed by atoms with E-state index in [4.69, 9.17) is 21.1 Å². The standard InChI is InChI=1S/C24H25ClFN5O3.C8H6N2/c1-31(2)8-3-4-23(32)30-21-11-17-20(12-22(21)34-16-7-9-33-13-16)27-14-28-24(17)29-15-5-6-19(26)18(25)10-15;1-2-4-8-7(3-1)5-9-6-10-8/h3-6,10-12,14,16H,7-9,13H2,1-2H3,(H,30,32)(H,27,28,29);1-6H/b4-3+;/t16-;/m0./s1. The highest BCUT2D eigenvalue weighted by atomic mass is 35.5. The van der Waals surface area contributed by atoms with Gasteiger partial charge in [-0.2, -0.15) is 0 Å². The molecule has 0 saturated carbocycles. The van der Waals surface area contributed by atoms with Crippen LogP contribution in [0.4, 0.5) is 21.6 Å². The molecule has 1 fully saturated rings. The summed E-state index contributed by atoms with van der Waals surface area (Å²) in [7, 11) is 3.84. The van der Waals surface area contributed by atoms with Crippen molar-refractivity contribution in [1.82, 2.24) is 24.8 Å². The molecule has 44 heavy (non-hydrogen) atoms. The van der Waals surface area contributed by atoms with Crippen LogP contribution in [-0.4, -0.2) is 70.7 Å². The molecule has 3 aromatic carbocycles. The molecule has 1 saturated heterocycles. The highest BCUT2D eigenvalue weighted by molar-refractivity contribution is 6.31. The topological polar surface area (TPSA) is 114 Å². The summed E-state index contributed by atoms with van der Waals surface area (Å²) in [6.07, 6.45) is 8.68. The van der Waals surface area contributed by atoms with E-state index < -0.39 is 5.82 Å². The van der Waals surface area contributed by atoms with E-state index in [0.717, 1.165) is 17.3 Å². The van der Waals surface area contributed by atoms with Crippen molar-refractivity contribution in [3.63, 3.8) is 0 Å². The van der Waals surface area contributed by atoms with Crippen LogP contribution in [0.25, 0.3) is 21.8 Å². The van der Waals surface area contributed by atoms with E-state index in [1.165, 1.54) is 24.5 Å². The second kappa shape index (κ2) is 14.6. The molecule has 0 unspecified atom stereocenters. The van der Waals surface area contributed by atoms with Gasteiger partial charge >= 0.3 is 0 Å². The van der Waals surface area contributed by atoms with Gasteiger partial charge in [-0.3, -0.25) is 4.79 Å². The number of amides is 1. The average Bonchev–Trinajstić information content (AvgIpc) is 3.53. The molecular weight excluding hydrogens is 585 g/mol. The van der Waals surface area contributed by atoms with Crippen molar-refractivity contribution in [2.45, 2.75) is 12.5 Å². The monoisotopic (exact) mass is 615 g/mol. The molecule has 6 rings (SSSR count). The summed E-state index contributed by atoms with van der Waals surface area (Å²) in [5.41, 5.74) is 2.65. The summed E-state index contributed by atoms with van der Waals surface area (Å²) < 4.78 is 25.1. The third-order valence-electron chi connectivity index (χ3n) is 6.51. The Balaban J connectivity index is 0.000000322. The second-order valence-corrected chi connectivity index (χ2v) is 10.6. The number of likely N-dealkylation sites (N-methyl/N-ethyl adjacent to an activating group) is 1. The van der Waals surface area contributed by atoms with Gasteiger partial charge < -0.3 is 25.0 Å². The number of carbonyl (C=O) groups is 1. The molecule has 5 aromatic rings. The van der Waals surface area contributed by atoms with Crippen LogP contribution in [0.3, 0.4) is 0 Å². The lowest BCUT2D eigenvalue weighted by Gasteiger charge is -2.17. The zero-order valence-electron chi connectivity index (χ0n) is 24.2. The van der Waals surface area contributed by atoms with Gasteiger partial charge in [0.2, 0.25) is 5.91 Å². The quantitative estimate of drug-likeness (QED) is 0.202. The number of carbonyl (C=O) groups excluding carboxylic acids is 1. The molecule has 2 aromatic heterocycles. The molecule has 3 heterocycles. The third-order valence-corrected chi connectivity index (χ3v) is 6.80. The van der Waals surface area contributed by atoms with Gasteiger partial charge in [-0.05, 0) is 44.4 Å². The van der Waals surface area contributed by atoms with E-state index in [9.17, 15) is 9.18 Å². The highest BCUT2D eigenvalue weighted by Crippen LogP contribution is 2.35. The third kappa shape index (κ3) is 8.22. The van der Waals surface area contributed by atoms with Crippen LogP contribution in [0.15, 0.2) is 85.6 Å². The zero-order valence-corrected chi connectivity index (χ0v) is 25.0. The number of anilines is 3. The number of halogens is 2. The summed E-state index contributed by atoms with van der Waals surface area (Å²) >= 11 is 5.91. The Morgan fingerprint density at radius 3 is 2.73 bits per heavy atom. The van der Waals surface area contributed by atoms with E-state index in [1.54, 1.807) is 30.6 Å². The molecule has 12 heteroatoms. The minimum absolute atomic E-state index is 0.00436. The molecule has 10 nitrogen and oxygen atoms in total. The molecule has 1 amide bonds. The average molecular weight is 616 g/mol. The number of ether oxygens (including phenoxy) is 2. The molecule has 2 N–H and O–H groups in total. The fourth-order valence-corrected chi connectivity index (χ4v) is 4.52. The first kappa shape index (κ1) is 30.7. The maximum atomic E-state index is 13.6. The first-order valence-electron chi connectivity index (χ1n) is 13.9. The number of benzene rings is 3. The predicted molar refractivity (Wildman–Crippen MR) is 170 cm³/mol. The summed E-state index contributed by atoms with van der Waals surface area (Å²) in [6, 6.07) is 15.7. The lowest BCUT2D eigenvalue weighted by atomic mass is 10.1. The number of rotatable bonds is 8. The minimum Gasteiger partial charge on any atom is -0.486 e. The molecule has 226 valence electrons. The van der Waals surface area contributed by atoms with Crippen molar-refractivity contribution in [3.8, 4) is 5.75 Å². The predicted octanol–water partition coefficient (Wildman–Crippen LogP) is 6.02.